The van der Waals surface area contributed by atoms with E-state index in [0.717, 1.165) is 49.6 Å². The molecule has 0 aliphatic rings. The Morgan fingerprint density at radius 1 is 1.10 bits per heavy atom. The lowest BCUT2D eigenvalue weighted by Gasteiger charge is -2.13. The van der Waals surface area contributed by atoms with E-state index in [1.54, 1.807) is 7.11 Å². The van der Waals surface area contributed by atoms with Gasteiger partial charge in [-0.2, -0.15) is 0 Å². The monoisotopic (exact) mass is 297 g/mol. The van der Waals surface area contributed by atoms with Gasteiger partial charge in [-0.1, -0.05) is 6.92 Å². The minimum atomic E-state index is 0.646. The Labute approximate surface area is 126 Å². The molecule has 0 amide bonds. The van der Waals surface area contributed by atoms with Crippen molar-refractivity contribution in [3.8, 4) is 0 Å². The molecule has 0 fully saturated rings. The number of nitrogen functional groups attached to an aromatic ring is 1. The average molecular weight is 297 g/mol. The molecule has 0 atom stereocenters. The molecule has 0 aromatic carbocycles. The summed E-state index contributed by atoms with van der Waals surface area (Å²) in [6.07, 6.45) is 2.80. The molecule has 1 aromatic heterocycles. The van der Waals surface area contributed by atoms with Crippen molar-refractivity contribution in [2.24, 2.45) is 5.84 Å². The lowest BCUT2D eigenvalue weighted by Crippen LogP contribution is -2.15. The van der Waals surface area contributed by atoms with Crippen LogP contribution in [0.25, 0.3) is 0 Å². The van der Waals surface area contributed by atoms with Crippen LogP contribution in [0.2, 0.25) is 0 Å². The number of nitrogens with one attached hydrogen (secondary N) is 2. The first-order valence-electron chi connectivity index (χ1n) is 7.37. The van der Waals surface area contributed by atoms with E-state index in [9.17, 15) is 0 Å². The number of hydrogen-bond donors (Lipinski definition) is 3. The smallest absolute Gasteiger partial charge is 0.148 e. The van der Waals surface area contributed by atoms with Gasteiger partial charge in [-0.15, -0.1) is 0 Å². The summed E-state index contributed by atoms with van der Waals surface area (Å²) in [6.45, 7) is 6.87. The van der Waals surface area contributed by atoms with Gasteiger partial charge in [0.25, 0.3) is 0 Å². The second-order valence-corrected chi connectivity index (χ2v) is 4.70. The maximum Gasteiger partial charge on any atom is 0.148 e. The molecule has 0 radical (unpaired) electrons. The summed E-state index contributed by atoms with van der Waals surface area (Å²) in [4.78, 5) is 8.83. The van der Waals surface area contributed by atoms with E-state index in [2.05, 4.69) is 20.7 Å². The van der Waals surface area contributed by atoms with Crippen molar-refractivity contribution < 1.29 is 9.47 Å². The summed E-state index contributed by atoms with van der Waals surface area (Å²) in [6, 6.07) is 0. The van der Waals surface area contributed by atoms with Crippen molar-refractivity contribution in [2.45, 2.75) is 33.1 Å². The maximum atomic E-state index is 5.48. The van der Waals surface area contributed by atoms with Crippen LogP contribution in [-0.2, 0) is 15.9 Å². The molecule has 0 unspecified atom stereocenters. The maximum absolute atomic E-state index is 5.48. The molecule has 0 saturated carbocycles. The molecule has 1 rings (SSSR count). The molecule has 0 aliphatic carbocycles. The average Bonchev–Trinajstić information content (AvgIpc) is 2.51. The molecule has 120 valence electrons. The Kier molecular flexibility index (Phi) is 8.65. The van der Waals surface area contributed by atoms with Crippen molar-refractivity contribution in [3.05, 3.63) is 11.4 Å². The first-order chi connectivity index (χ1) is 10.2. The van der Waals surface area contributed by atoms with Gasteiger partial charge in [0.1, 0.15) is 17.5 Å². The van der Waals surface area contributed by atoms with Gasteiger partial charge in [0.15, 0.2) is 0 Å². The van der Waals surface area contributed by atoms with Gasteiger partial charge in [-0.3, -0.25) is 0 Å². The fourth-order valence-corrected chi connectivity index (χ4v) is 1.81. The van der Waals surface area contributed by atoms with Gasteiger partial charge >= 0.3 is 0 Å². The van der Waals surface area contributed by atoms with Crippen molar-refractivity contribution in [3.63, 3.8) is 0 Å². The standard InChI is InChI=1S/C14H27N5O2/c1-4-12-17-13(11(2)14(18-12)19-15)16-7-5-6-8-21-10-9-20-3/h4-10,15H2,1-3H3,(H2,16,17,18,19). The highest BCUT2D eigenvalue weighted by molar-refractivity contribution is 5.56. The van der Waals surface area contributed by atoms with E-state index in [1.165, 1.54) is 0 Å². The molecular weight excluding hydrogens is 270 g/mol. The summed E-state index contributed by atoms with van der Waals surface area (Å²) in [5, 5.41) is 3.34. The van der Waals surface area contributed by atoms with Crippen LogP contribution in [0, 0.1) is 6.92 Å². The highest BCUT2D eigenvalue weighted by Gasteiger charge is 2.08. The number of hydrazine groups is 1. The van der Waals surface area contributed by atoms with Gasteiger partial charge in [0.2, 0.25) is 0 Å². The quantitative estimate of drug-likeness (QED) is 0.323. The third-order valence-corrected chi connectivity index (χ3v) is 3.08. The van der Waals surface area contributed by atoms with Crippen molar-refractivity contribution in [1.82, 2.24) is 9.97 Å². The summed E-state index contributed by atoms with van der Waals surface area (Å²) >= 11 is 0. The van der Waals surface area contributed by atoms with Crippen molar-refractivity contribution >= 4 is 11.6 Å². The molecule has 0 spiro atoms. The molecule has 0 aliphatic heterocycles. The van der Waals surface area contributed by atoms with Crippen LogP contribution in [-0.4, -0.2) is 43.4 Å². The number of nitrogens with zero attached hydrogens (tertiary/aromatic N) is 2. The topological polar surface area (TPSA) is 94.3 Å². The van der Waals surface area contributed by atoms with E-state index < -0.39 is 0 Å². The lowest BCUT2D eigenvalue weighted by molar-refractivity contribution is 0.0691. The van der Waals surface area contributed by atoms with Gasteiger partial charge in [0.05, 0.1) is 13.2 Å². The number of methoxy groups -OCH3 is 1. The van der Waals surface area contributed by atoms with E-state index >= 15 is 0 Å². The van der Waals surface area contributed by atoms with Gasteiger partial charge < -0.3 is 20.2 Å². The van der Waals surface area contributed by atoms with Crippen molar-refractivity contribution in [2.75, 3.05) is 44.2 Å². The van der Waals surface area contributed by atoms with E-state index in [-0.39, 0.29) is 0 Å². The van der Waals surface area contributed by atoms with Gasteiger partial charge in [-0.25, -0.2) is 15.8 Å². The van der Waals surface area contributed by atoms with E-state index in [4.69, 9.17) is 15.3 Å². The van der Waals surface area contributed by atoms with Crippen molar-refractivity contribution in [1.29, 1.82) is 0 Å². The van der Waals surface area contributed by atoms with Crippen LogP contribution in [0.4, 0.5) is 11.6 Å². The number of aromatic nitrogens is 2. The molecular formula is C14H27N5O2. The van der Waals surface area contributed by atoms with Gasteiger partial charge in [0, 0.05) is 32.2 Å². The predicted molar refractivity (Wildman–Crippen MR) is 84.4 cm³/mol. The predicted octanol–water partition coefficient (Wildman–Crippen LogP) is 1.49. The Morgan fingerprint density at radius 3 is 2.52 bits per heavy atom. The molecule has 4 N–H and O–H groups in total. The highest BCUT2D eigenvalue weighted by atomic mass is 16.5. The number of anilines is 2. The molecule has 1 heterocycles. The molecule has 21 heavy (non-hydrogen) atoms. The van der Waals surface area contributed by atoms with Crippen LogP contribution >= 0.6 is 0 Å². The Balaban J connectivity index is 2.34. The minimum Gasteiger partial charge on any atom is -0.382 e. The number of aryl methyl sites for hydroxylation is 1. The third kappa shape index (κ3) is 6.24. The zero-order valence-electron chi connectivity index (χ0n) is 13.2. The van der Waals surface area contributed by atoms with E-state index in [1.807, 2.05) is 13.8 Å². The first-order valence-corrected chi connectivity index (χ1v) is 7.37. The van der Waals surface area contributed by atoms with E-state index in [0.29, 0.717) is 19.0 Å². The summed E-state index contributed by atoms with van der Waals surface area (Å²) in [5.41, 5.74) is 3.55. The number of hydrogen-bond acceptors (Lipinski definition) is 7. The van der Waals surface area contributed by atoms with Crippen LogP contribution in [0.15, 0.2) is 0 Å². The number of rotatable bonds is 11. The number of ether oxygens (including phenoxy) is 2. The molecule has 0 saturated heterocycles. The fourth-order valence-electron chi connectivity index (χ4n) is 1.81. The van der Waals surface area contributed by atoms with Crippen LogP contribution < -0.4 is 16.6 Å². The van der Waals surface area contributed by atoms with Crippen LogP contribution in [0.3, 0.4) is 0 Å². The Bertz CT molecular complexity index is 415. The minimum absolute atomic E-state index is 0.646. The molecule has 7 nitrogen and oxygen atoms in total. The fraction of sp³-hybridized carbons (Fsp3) is 0.714. The highest BCUT2D eigenvalue weighted by Crippen LogP contribution is 2.19. The molecule has 1 aromatic rings. The SMILES string of the molecule is CCc1nc(NN)c(C)c(NCCCCOCCOC)n1. The number of unbranched alkanes of at least 4 members (excludes halogenated alkanes) is 1. The summed E-state index contributed by atoms with van der Waals surface area (Å²) in [5.74, 6) is 7.78. The largest absolute Gasteiger partial charge is 0.382 e. The Morgan fingerprint density at radius 2 is 1.86 bits per heavy atom. The van der Waals surface area contributed by atoms with Gasteiger partial charge in [-0.05, 0) is 19.8 Å². The molecule has 0 bridgehead atoms. The summed E-state index contributed by atoms with van der Waals surface area (Å²) < 4.78 is 10.3. The second kappa shape index (κ2) is 10.3. The second-order valence-electron chi connectivity index (χ2n) is 4.70. The third-order valence-electron chi connectivity index (χ3n) is 3.08. The zero-order valence-corrected chi connectivity index (χ0v) is 13.2. The molecule has 7 heteroatoms. The lowest BCUT2D eigenvalue weighted by atomic mass is 10.2. The zero-order chi connectivity index (χ0) is 15.5. The number of nitrogens with two attached hydrogens (primary N) is 1. The summed E-state index contributed by atoms with van der Waals surface area (Å²) in [7, 11) is 1.67. The normalized spacial score (nSPS) is 10.7. The Hall–Kier alpha value is -1.44. The first kappa shape index (κ1) is 17.6. The van der Waals surface area contributed by atoms with Crippen LogP contribution in [0.1, 0.15) is 31.2 Å². The van der Waals surface area contributed by atoms with Crippen LogP contribution in [0.5, 0.6) is 0 Å².